The monoisotopic (exact) mass is 634 g/mol. The van der Waals surface area contributed by atoms with E-state index in [9.17, 15) is 9.59 Å². The van der Waals surface area contributed by atoms with Crippen LogP contribution in [0.15, 0.2) is 78.9 Å². The second-order valence-electron chi connectivity index (χ2n) is 14.7. The van der Waals surface area contributed by atoms with Crippen LogP contribution in [0.3, 0.4) is 0 Å². The van der Waals surface area contributed by atoms with E-state index in [1.807, 2.05) is 60.4 Å². The van der Waals surface area contributed by atoms with Gasteiger partial charge in [-0.05, 0) is 96.9 Å². The molecule has 4 saturated carbocycles. The van der Waals surface area contributed by atoms with Crippen molar-refractivity contribution in [3.8, 4) is 0 Å². The Kier molecular flexibility index (Phi) is 7.71. The van der Waals surface area contributed by atoms with Crippen molar-refractivity contribution >= 4 is 34.4 Å². The summed E-state index contributed by atoms with van der Waals surface area (Å²) in [4.78, 5) is 30.3. The standard InChI is InChI=1S/C40H43ClN2O3/c1-2-37(44)43-35(39(45)46-25-26-10-4-3-5-11-26)19-32-31-13-7-9-15-34(31)42(24-30-12-6-8-14-33(30)41)38(32)36(43)23-40-20-27-16-28(21-40)18-29(17-27)22-40/h3-15,27-29,35-36H,2,16-25H2,1H3/t27?,28?,29?,35-,36+,40?/m0/s1. The van der Waals surface area contributed by atoms with E-state index in [1.165, 1.54) is 49.8 Å². The van der Waals surface area contributed by atoms with Crippen LogP contribution in [0.4, 0.5) is 0 Å². The second kappa shape index (κ2) is 11.9. The van der Waals surface area contributed by atoms with Gasteiger partial charge < -0.3 is 14.2 Å². The number of halogens is 1. The lowest BCUT2D eigenvalue weighted by atomic mass is 9.48. The van der Waals surface area contributed by atoms with Gasteiger partial charge in [0.1, 0.15) is 12.6 Å². The molecular formula is C40H43ClN2O3. The van der Waals surface area contributed by atoms with E-state index < -0.39 is 6.04 Å². The Morgan fingerprint density at radius 1 is 0.870 bits per heavy atom. The number of esters is 1. The van der Waals surface area contributed by atoms with Gasteiger partial charge >= 0.3 is 5.97 Å². The molecule has 0 radical (unpaired) electrons. The Bertz CT molecular complexity index is 1740. The summed E-state index contributed by atoms with van der Waals surface area (Å²) in [6.45, 7) is 2.74. The van der Waals surface area contributed by atoms with E-state index in [-0.39, 0.29) is 29.9 Å². The Labute approximate surface area is 276 Å². The van der Waals surface area contributed by atoms with Crippen LogP contribution >= 0.6 is 11.6 Å². The third kappa shape index (κ3) is 5.25. The average Bonchev–Trinajstić information content (AvgIpc) is 3.37. The van der Waals surface area contributed by atoms with Crippen LogP contribution in [0.1, 0.15) is 86.7 Å². The fraction of sp³-hybridized carbons (Fsp3) is 0.450. The summed E-state index contributed by atoms with van der Waals surface area (Å²) in [6.07, 6.45) is 9.53. The largest absolute Gasteiger partial charge is 0.459 e. The number of fused-ring (bicyclic) bond motifs is 3. The number of aromatic nitrogens is 1. The van der Waals surface area contributed by atoms with Gasteiger partial charge in [-0.15, -0.1) is 0 Å². The molecule has 4 fully saturated rings. The zero-order valence-corrected chi connectivity index (χ0v) is 27.4. The van der Waals surface area contributed by atoms with E-state index >= 15 is 0 Å². The maximum Gasteiger partial charge on any atom is 0.329 e. The quantitative estimate of drug-likeness (QED) is 0.182. The molecule has 5 aliphatic rings. The number of amides is 1. The number of carbonyl (C=O) groups is 2. The summed E-state index contributed by atoms with van der Waals surface area (Å²) in [5.74, 6) is 2.10. The van der Waals surface area contributed by atoms with Crippen molar-refractivity contribution in [2.24, 2.45) is 23.2 Å². The molecule has 2 atom stereocenters. The molecule has 46 heavy (non-hydrogen) atoms. The van der Waals surface area contributed by atoms with Crippen molar-refractivity contribution in [2.45, 2.75) is 89.9 Å². The molecule has 1 amide bonds. The average molecular weight is 635 g/mol. The van der Waals surface area contributed by atoms with Crippen molar-refractivity contribution < 1.29 is 14.3 Å². The minimum absolute atomic E-state index is 0.0246. The lowest BCUT2D eigenvalue weighted by Gasteiger charge is -2.58. The molecule has 3 aromatic carbocycles. The van der Waals surface area contributed by atoms with Crippen molar-refractivity contribution in [2.75, 3.05) is 0 Å². The highest BCUT2D eigenvalue weighted by molar-refractivity contribution is 6.31. The smallest absolute Gasteiger partial charge is 0.329 e. The highest BCUT2D eigenvalue weighted by Gasteiger charge is 2.54. The van der Waals surface area contributed by atoms with Gasteiger partial charge in [0.2, 0.25) is 5.91 Å². The van der Waals surface area contributed by atoms with Crippen LogP contribution in [-0.2, 0) is 33.9 Å². The first kappa shape index (κ1) is 29.8. The van der Waals surface area contributed by atoms with Crippen LogP contribution in [0.5, 0.6) is 0 Å². The Balaban J connectivity index is 1.26. The maximum absolute atomic E-state index is 14.2. The van der Waals surface area contributed by atoms with Crippen molar-refractivity contribution in [1.29, 1.82) is 0 Å². The summed E-state index contributed by atoms with van der Waals surface area (Å²) < 4.78 is 8.44. The molecule has 5 nitrogen and oxygen atoms in total. The molecule has 4 aliphatic carbocycles. The van der Waals surface area contributed by atoms with Crippen molar-refractivity contribution in [1.82, 2.24) is 9.47 Å². The first-order chi connectivity index (χ1) is 22.4. The number of carbonyl (C=O) groups excluding carboxylic acids is 2. The summed E-state index contributed by atoms with van der Waals surface area (Å²) >= 11 is 6.77. The number of benzene rings is 3. The molecule has 0 saturated heterocycles. The van der Waals surface area contributed by atoms with E-state index in [2.05, 4.69) is 34.9 Å². The molecule has 1 aromatic heterocycles. The fourth-order valence-corrected chi connectivity index (χ4v) is 10.5. The summed E-state index contributed by atoms with van der Waals surface area (Å²) in [6, 6.07) is 25.5. The van der Waals surface area contributed by atoms with E-state index in [0.717, 1.165) is 51.2 Å². The van der Waals surface area contributed by atoms with Gasteiger partial charge in [0.15, 0.2) is 0 Å². The molecule has 0 unspecified atom stereocenters. The van der Waals surface area contributed by atoms with Crippen LogP contribution in [0.25, 0.3) is 10.9 Å². The second-order valence-corrected chi connectivity index (χ2v) is 15.1. The molecule has 4 bridgehead atoms. The molecule has 0 N–H and O–H groups in total. The highest BCUT2D eigenvalue weighted by atomic mass is 35.5. The Morgan fingerprint density at radius 3 is 2.22 bits per heavy atom. The van der Waals surface area contributed by atoms with Gasteiger partial charge in [-0.1, -0.05) is 85.3 Å². The molecule has 238 valence electrons. The number of hydrogen-bond donors (Lipinski definition) is 0. The summed E-state index contributed by atoms with van der Waals surface area (Å²) in [5, 5.41) is 1.90. The molecular weight excluding hydrogens is 592 g/mol. The number of ether oxygens (including phenoxy) is 1. The lowest BCUT2D eigenvalue weighted by molar-refractivity contribution is -0.161. The third-order valence-corrected chi connectivity index (χ3v) is 12.0. The van der Waals surface area contributed by atoms with Crippen LogP contribution < -0.4 is 0 Å². The molecule has 9 rings (SSSR count). The normalized spacial score (nSPS) is 28.0. The predicted molar refractivity (Wildman–Crippen MR) is 181 cm³/mol. The third-order valence-electron chi connectivity index (χ3n) is 11.7. The summed E-state index contributed by atoms with van der Waals surface area (Å²) in [7, 11) is 0. The van der Waals surface area contributed by atoms with Crippen molar-refractivity contribution in [3.63, 3.8) is 0 Å². The van der Waals surface area contributed by atoms with Crippen LogP contribution in [0.2, 0.25) is 5.02 Å². The van der Waals surface area contributed by atoms with Gasteiger partial charge in [-0.25, -0.2) is 4.79 Å². The first-order valence-corrected chi connectivity index (χ1v) is 17.6. The topological polar surface area (TPSA) is 51.5 Å². The molecule has 1 aliphatic heterocycles. The minimum Gasteiger partial charge on any atom is -0.459 e. The number of rotatable bonds is 8. The molecule has 2 heterocycles. The predicted octanol–water partition coefficient (Wildman–Crippen LogP) is 8.90. The minimum atomic E-state index is -0.665. The number of hydrogen-bond acceptors (Lipinski definition) is 3. The van der Waals surface area contributed by atoms with Gasteiger partial charge in [-0.3, -0.25) is 4.79 Å². The van der Waals surface area contributed by atoms with Gasteiger partial charge in [-0.2, -0.15) is 0 Å². The zero-order valence-electron chi connectivity index (χ0n) is 26.7. The summed E-state index contributed by atoms with van der Waals surface area (Å²) in [5.41, 5.74) is 5.70. The fourth-order valence-electron chi connectivity index (χ4n) is 10.3. The highest BCUT2D eigenvalue weighted by Crippen LogP contribution is 2.63. The van der Waals surface area contributed by atoms with Gasteiger partial charge in [0, 0.05) is 41.0 Å². The Hall–Kier alpha value is -3.57. The maximum atomic E-state index is 14.2. The molecule has 0 spiro atoms. The van der Waals surface area contributed by atoms with E-state index in [4.69, 9.17) is 16.3 Å². The SMILES string of the molecule is CCC(=O)N1[C@H](CC23CC4CC(CC(C4)C2)C3)c2c(c3ccccc3n2Cc2ccccc2Cl)C[C@H]1C(=O)OCc1ccccc1. The van der Waals surface area contributed by atoms with E-state index in [1.54, 1.807) is 0 Å². The van der Waals surface area contributed by atoms with Crippen LogP contribution in [-0.4, -0.2) is 27.4 Å². The van der Waals surface area contributed by atoms with E-state index in [0.29, 0.717) is 19.4 Å². The van der Waals surface area contributed by atoms with Gasteiger partial charge in [0.25, 0.3) is 0 Å². The molecule has 6 heteroatoms. The zero-order chi connectivity index (χ0) is 31.4. The molecule has 4 aromatic rings. The lowest BCUT2D eigenvalue weighted by Crippen LogP contribution is -2.54. The first-order valence-electron chi connectivity index (χ1n) is 17.3. The van der Waals surface area contributed by atoms with Gasteiger partial charge in [0.05, 0.1) is 6.04 Å². The van der Waals surface area contributed by atoms with Crippen LogP contribution in [0, 0.1) is 23.2 Å². The number of para-hydroxylation sites is 1. The Morgan fingerprint density at radius 2 is 1.52 bits per heavy atom. The van der Waals surface area contributed by atoms with Crippen molar-refractivity contribution in [3.05, 3.63) is 106 Å². The number of nitrogens with zero attached hydrogens (tertiary/aromatic N) is 2.